The summed E-state index contributed by atoms with van der Waals surface area (Å²) in [6.07, 6.45) is 8.72. The molecule has 0 aliphatic rings. The van der Waals surface area contributed by atoms with Crippen LogP contribution < -0.4 is 0 Å². The summed E-state index contributed by atoms with van der Waals surface area (Å²) in [4.78, 5) is 28.8. The number of hydrogen-bond donors (Lipinski definition) is 0. The van der Waals surface area contributed by atoms with Crippen molar-refractivity contribution in [3.63, 3.8) is 0 Å². The van der Waals surface area contributed by atoms with Crippen molar-refractivity contribution < 1.29 is 24.2 Å². The number of benzene rings is 8. The van der Waals surface area contributed by atoms with Crippen molar-refractivity contribution in [3.8, 4) is 100 Å². The molecule has 14 rings (SSSR count). The maximum Gasteiger partial charge on any atom is 3.00 e. The first-order valence-electron chi connectivity index (χ1n) is 26.5. The van der Waals surface area contributed by atoms with Gasteiger partial charge in [-0.2, -0.15) is 0 Å². The molecule has 8 heteroatoms. The fraction of sp³-hybridized carbons (Fsp3) is 0.0145. The summed E-state index contributed by atoms with van der Waals surface area (Å²) >= 11 is 0. The monoisotopic (exact) mass is 1160 g/mol. The Bertz CT molecular complexity index is 4480. The summed E-state index contributed by atoms with van der Waals surface area (Å²) in [5, 5.41) is 1.57. The van der Waals surface area contributed by atoms with Crippen LogP contribution in [0.4, 0.5) is 0 Å². The molecule has 0 bridgehead atoms. The van der Waals surface area contributed by atoms with Crippen LogP contribution in [0.15, 0.2) is 237 Å². The van der Waals surface area contributed by atoms with Crippen LogP contribution in [0.2, 0.25) is 0 Å². The van der Waals surface area contributed by atoms with Crippen LogP contribution in [0.25, 0.3) is 139 Å². The third kappa shape index (κ3) is 8.56. The number of rotatable bonds is 9. The number of imidazole rings is 1. The SMILES string of the molecule is [2H]C([2H])([2H])c1ccc(-c2ccnc3c4[c-]cc(-c5ccccc5-c5cc(-c6ccccc6-c6c[c-]c(-c7ccccn7)cc6)cc(-c6ccccc6-c6c[c-]c(-c7ccccn7)cc6)c5)cc4n4c5nccnc5nc4c23)cc1.[Ir+3]. The second-order valence-electron chi connectivity index (χ2n) is 18.6. The maximum absolute atomic E-state index is 7.99. The molecule has 7 nitrogen and oxygen atoms in total. The van der Waals surface area contributed by atoms with E-state index in [9.17, 15) is 0 Å². The van der Waals surface area contributed by atoms with Gasteiger partial charge in [0, 0.05) is 46.0 Å². The van der Waals surface area contributed by atoms with Gasteiger partial charge >= 0.3 is 20.1 Å². The van der Waals surface area contributed by atoms with Gasteiger partial charge in [-0.3, -0.25) is 0 Å². The topological polar surface area (TPSA) is 81.8 Å². The predicted octanol–water partition coefficient (Wildman–Crippen LogP) is 16.5. The molecule has 0 N–H and O–H groups in total. The Morgan fingerprint density at radius 2 is 0.896 bits per heavy atom. The fourth-order valence-electron chi connectivity index (χ4n) is 10.6. The van der Waals surface area contributed by atoms with E-state index in [1.165, 1.54) is 0 Å². The minimum Gasteiger partial charge on any atom is -0.318 e. The third-order valence-electron chi connectivity index (χ3n) is 14.2. The second-order valence-corrected chi connectivity index (χ2v) is 18.6. The van der Waals surface area contributed by atoms with Gasteiger partial charge in [-0.1, -0.05) is 160 Å². The molecule has 0 saturated heterocycles. The Morgan fingerprint density at radius 1 is 0.390 bits per heavy atom. The van der Waals surface area contributed by atoms with E-state index in [0.29, 0.717) is 22.5 Å². The molecule has 0 amide bonds. The number of fused-ring (bicyclic) bond motifs is 8. The average molecular weight is 1160 g/mol. The first-order chi connectivity index (χ1) is 38.8. The standard InChI is InChI=1S/C69H42N7.Ir/c1-44-20-22-47(23-21-44)60-34-37-72-66-61-33-32-50(43-64(61)76-68(65(60)66)75-67-69(76)74-39-38-73-67)56-14-4-7-17-59(56)53-41-51(57-15-5-2-12-54(57)45-24-28-48(29-25-45)62-18-8-10-35-70-62)40-52(42-53)58-16-6-3-13-55(58)46-26-30-49(31-27-46)63-19-9-11-36-71-63;/h2-28,30,32,34-43H,1H3;/q-3;+3/i1D3;. The molecule has 0 radical (unpaired) electrons. The Morgan fingerprint density at radius 3 is 1.42 bits per heavy atom. The molecule has 0 saturated carbocycles. The van der Waals surface area contributed by atoms with E-state index in [1.807, 2.05) is 60.7 Å². The Balaban J connectivity index is 0.00000605. The quantitative estimate of drug-likeness (QED) is 0.106. The molecule has 6 aromatic heterocycles. The minimum atomic E-state index is -2.23. The van der Waals surface area contributed by atoms with E-state index in [-0.39, 0.29) is 25.7 Å². The molecule has 0 atom stereocenters. The number of pyridine rings is 4. The fourth-order valence-corrected chi connectivity index (χ4v) is 10.6. The van der Waals surface area contributed by atoms with E-state index in [0.717, 1.165) is 117 Å². The first kappa shape index (κ1) is 43.8. The van der Waals surface area contributed by atoms with Crippen molar-refractivity contribution in [1.82, 2.24) is 34.3 Å². The summed E-state index contributed by atoms with van der Waals surface area (Å²) in [6, 6.07) is 81.0. The average Bonchev–Trinajstić information content (AvgIpc) is 3.98. The van der Waals surface area contributed by atoms with Crippen LogP contribution in [0.1, 0.15) is 9.68 Å². The van der Waals surface area contributed by atoms with Gasteiger partial charge in [0.1, 0.15) is 5.65 Å². The molecule has 0 fully saturated rings. The number of hydrogen-bond acceptors (Lipinski definition) is 6. The van der Waals surface area contributed by atoms with Gasteiger partial charge in [0.05, 0.1) is 0 Å². The van der Waals surface area contributed by atoms with Crippen LogP contribution in [0, 0.1) is 25.1 Å². The van der Waals surface area contributed by atoms with Crippen LogP contribution in [-0.4, -0.2) is 34.3 Å². The summed E-state index contributed by atoms with van der Waals surface area (Å²) < 4.78 is 26.0. The number of nitrogens with zero attached hydrogens (tertiary/aromatic N) is 7. The molecule has 6 heterocycles. The van der Waals surface area contributed by atoms with Crippen molar-refractivity contribution in [3.05, 3.63) is 261 Å². The first-order valence-corrected chi connectivity index (χ1v) is 25.0. The van der Waals surface area contributed by atoms with Gasteiger partial charge in [0.25, 0.3) is 0 Å². The number of aromatic nitrogens is 7. The maximum atomic E-state index is 7.99. The molecule has 0 spiro atoms. The zero-order chi connectivity index (χ0) is 53.0. The molecular formula is C69H42IrN7. The van der Waals surface area contributed by atoms with Gasteiger partial charge < -0.3 is 19.4 Å². The van der Waals surface area contributed by atoms with Crippen molar-refractivity contribution >= 4 is 38.7 Å². The molecule has 8 aromatic carbocycles. The molecule has 0 aliphatic carbocycles. The normalized spacial score (nSPS) is 12.1. The molecule has 77 heavy (non-hydrogen) atoms. The van der Waals surface area contributed by atoms with Crippen molar-refractivity contribution in [2.24, 2.45) is 0 Å². The number of aryl methyl sites for hydroxylation is 1. The Hall–Kier alpha value is -9.59. The van der Waals surface area contributed by atoms with Crippen LogP contribution in [-0.2, 0) is 20.1 Å². The third-order valence-corrected chi connectivity index (χ3v) is 14.2. The van der Waals surface area contributed by atoms with E-state index in [1.54, 1.807) is 43.1 Å². The van der Waals surface area contributed by atoms with Crippen molar-refractivity contribution in [2.75, 3.05) is 0 Å². The molecule has 362 valence electrons. The van der Waals surface area contributed by atoms with Crippen LogP contribution >= 0.6 is 0 Å². The largest absolute Gasteiger partial charge is 3.00 e. The molecule has 0 aliphatic heterocycles. The van der Waals surface area contributed by atoms with Gasteiger partial charge in [0.15, 0.2) is 11.3 Å². The van der Waals surface area contributed by atoms with Gasteiger partial charge in [-0.15, -0.1) is 83.2 Å². The van der Waals surface area contributed by atoms with E-state index in [4.69, 9.17) is 19.1 Å². The summed E-state index contributed by atoms with van der Waals surface area (Å²) in [5.41, 5.74) is 21.3. The summed E-state index contributed by atoms with van der Waals surface area (Å²) in [7, 11) is 0. The predicted molar refractivity (Wildman–Crippen MR) is 307 cm³/mol. The summed E-state index contributed by atoms with van der Waals surface area (Å²) in [5.74, 6) is 0. The van der Waals surface area contributed by atoms with E-state index >= 15 is 0 Å². The molecular weight excluding hydrogens is 1120 g/mol. The van der Waals surface area contributed by atoms with Crippen LogP contribution in [0.5, 0.6) is 0 Å². The summed E-state index contributed by atoms with van der Waals surface area (Å²) in [6.45, 7) is -2.23. The Kier molecular flexibility index (Phi) is 11.3. The zero-order valence-corrected chi connectivity index (χ0v) is 43.4. The van der Waals surface area contributed by atoms with Gasteiger partial charge in [-0.05, 0) is 105 Å². The van der Waals surface area contributed by atoms with Crippen molar-refractivity contribution in [2.45, 2.75) is 6.85 Å². The zero-order valence-electron chi connectivity index (χ0n) is 44.0. The van der Waals surface area contributed by atoms with Gasteiger partial charge in [0.2, 0.25) is 0 Å². The van der Waals surface area contributed by atoms with Gasteiger partial charge in [-0.25, -0.2) is 15.0 Å². The second kappa shape index (κ2) is 19.9. The Labute approximate surface area is 462 Å². The smallest absolute Gasteiger partial charge is 0.318 e. The van der Waals surface area contributed by atoms with Crippen molar-refractivity contribution in [1.29, 1.82) is 0 Å². The molecule has 14 aromatic rings. The van der Waals surface area contributed by atoms with Crippen LogP contribution in [0.3, 0.4) is 0 Å². The molecule has 0 unspecified atom stereocenters. The van der Waals surface area contributed by atoms with E-state index < -0.39 is 6.85 Å². The van der Waals surface area contributed by atoms with E-state index in [2.05, 4.69) is 171 Å². The minimum absolute atomic E-state index is 0.